The molecule has 0 radical (unpaired) electrons. The summed E-state index contributed by atoms with van der Waals surface area (Å²) in [7, 11) is 1.38. The van der Waals surface area contributed by atoms with Crippen molar-refractivity contribution in [3.8, 4) is 0 Å². The third-order valence-electron chi connectivity index (χ3n) is 17.6. The van der Waals surface area contributed by atoms with Gasteiger partial charge < -0.3 is 0 Å². The van der Waals surface area contributed by atoms with Crippen molar-refractivity contribution in [3.05, 3.63) is 0 Å². The maximum atomic E-state index is 1.71. The van der Waals surface area contributed by atoms with Gasteiger partial charge in [0, 0.05) is 40.8 Å². The van der Waals surface area contributed by atoms with Crippen LogP contribution in [0.5, 0.6) is 0 Å². The summed E-state index contributed by atoms with van der Waals surface area (Å²) in [5, 5.41) is 0. The van der Waals surface area contributed by atoms with E-state index < -0.39 is 0 Å². The fraction of sp³-hybridized carbons (Fsp3) is 1.00. The molecular weight excluding hydrogens is 961 g/mol. The van der Waals surface area contributed by atoms with Crippen molar-refractivity contribution in [1.29, 1.82) is 0 Å². The van der Waals surface area contributed by atoms with Crippen LogP contribution in [-0.2, 0) is 40.8 Å². The minimum absolute atomic E-state index is 0. The first-order valence-electron chi connectivity index (χ1n) is 26.9. The van der Waals surface area contributed by atoms with E-state index in [0.29, 0.717) is 31.7 Å². The molecule has 8 aliphatic carbocycles. The van der Waals surface area contributed by atoms with Crippen LogP contribution in [0.25, 0.3) is 0 Å². The van der Waals surface area contributed by atoms with Crippen LogP contribution < -0.4 is 0 Å². The standard InChI is InChI=1S/2C26H48P2.2Pd/c2*1-5-13-23(14-6-1)27(24-15-7-2-8-16-24)21-22-28(25-17-9-3-10-18-25)26-19-11-4-12-20-26;;/h2*23-26H,1-22H2;;. The van der Waals surface area contributed by atoms with Crippen molar-refractivity contribution in [2.45, 2.75) is 302 Å². The van der Waals surface area contributed by atoms with Gasteiger partial charge in [-0.25, -0.2) is 0 Å². The Labute approximate surface area is 396 Å². The van der Waals surface area contributed by atoms with E-state index in [0.717, 1.165) is 0 Å². The molecule has 0 atom stereocenters. The van der Waals surface area contributed by atoms with Crippen LogP contribution >= 0.6 is 31.7 Å². The van der Waals surface area contributed by atoms with Gasteiger partial charge in [0.05, 0.1) is 0 Å². The third kappa shape index (κ3) is 16.7. The Kier molecular flexibility index (Phi) is 27.2. The Morgan fingerprint density at radius 3 is 0.379 bits per heavy atom. The van der Waals surface area contributed by atoms with Crippen LogP contribution in [-0.4, -0.2) is 69.9 Å². The molecule has 58 heavy (non-hydrogen) atoms. The van der Waals surface area contributed by atoms with E-state index in [1.807, 2.05) is 0 Å². The molecule has 8 aliphatic rings. The number of hydrogen-bond donors (Lipinski definition) is 0. The van der Waals surface area contributed by atoms with E-state index in [2.05, 4.69) is 0 Å². The van der Waals surface area contributed by atoms with Crippen LogP contribution in [0.3, 0.4) is 0 Å². The first-order chi connectivity index (χ1) is 27.8. The molecule has 8 saturated carbocycles. The normalized spacial score (nSPS) is 26.7. The van der Waals surface area contributed by atoms with Crippen molar-refractivity contribution in [3.63, 3.8) is 0 Å². The topological polar surface area (TPSA) is 0 Å². The second kappa shape index (κ2) is 30.4. The Hall–Kier alpha value is 3.04. The molecule has 0 heterocycles. The van der Waals surface area contributed by atoms with Gasteiger partial charge in [0.2, 0.25) is 0 Å². The van der Waals surface area contributed by atoms with Gasteiger partial charge in [-0.2, -0.15) is 0 Å². The molecule has 0 aromatic carbocycles. The van der Waals surface area contributed by atoms with Crippen LogP contribution in [0.1, 0.15) is 257 Å². The van der Waals surface area contributed by atoms with Crippen molar-refractivity contribution in [2.24, 2.45) is 0 Å². The van der Waals surface area contributed by atoms with Gasteiger partial charge >= 0.3 is 0 Å². The molecule has 0 spiro atoms. The Balaban J connectivity index is 0.000000214. The zero-order valence-corrected chi connectivity index (χ0v) is 44.8. The second-order valence-electron chi connectivity index (χ2n) is 21.3. The first kappa shape index (κ1) is 52.0. The van der Waals surface area contributed by atoms with Gasteiger partial charge in [-0.3, -0.25) is 0 Å². The molecule has 0 aromatic rings. The Morgan fingerprint density at radius 1 is 0.172 bits per heavy atom. The van der Waals surface area contributed by atoms with Crippen molar-refractivity contribution in [1.82, 2.24) is 0 Å². The molecule has 0 aliphatic heterocycles. The minimum Gasteiger partial charge on any atom is -0.1000 e. The molecular formula is C52H96P4Pd2. The van der Waals surface area contributed by atoms with Crippen molar-refractivity contribution in [2.75, 3.05) is 24.6 Å². The zero-order chi connectivity index (χ0) is 38.0. The van der Waals surface area contributed by atoms with Gasteiger partial charge in [-0.05, 0) is 173 Å². The summed E-state index contributed by atoms with van der Waals surface area (Å²) in [5.41, 5.74) is 9.45. The second-order valence-corrected chi connectivity index (χ2v) is 33.0. The predicted molar refractivity (Wildman–Crippen MR) is 262 cm³/mol. The van der Waals surface area contributed by atoms with E-state index in [1.165, 1.54) is 45.3 Å². The van der Waals surface area contributed by atoms with Crippen molar-refractivity contribution >= 4 is 31.7 Å². The zero-order valence-electron chi connectivity index (χ0n) is 38.2. The molecule has 0 amide bonds. The molecule has 6 heteroatoms. The van der Waals surface area contributed by atoms with Gasteiger partial charge in [0.1, 0.15) is 0 Å². The number of rotatable bonds is 14. The average molecular weight is 1060 g/mol. The summed E-state index contributed by atoms with van der Waals surface area (Å²) < 4.78 is 0. The summed E-state index contributed by atoms with van der Waals surface area (Å²) >= 11 is 0. The van der Waals surface area contributed by atoms with Crippen molar-refractivity contribution < 1.29 is 40.8 Å². The summed E-state index contributed by atoms with van der Waals surface area (Å²) in [6.45, 7) is 0. The molecule has 344 valence electrons. The quantitative estimate of drug-likeness (QED) is 0.120. The fourth-order valence-corrected chi connectivity index (χ4v) is 31.6. The van der Waals surface area contributed by atoms with Gasteiger partial charge in [-0.1, -0.05) is 186 Å². The van der Waals surface area contributed by atoms with Gasteiger partial charge in [0.25, 0.3) is 0 Å². The van der Waals surface area contributed by atoms with Crippen LogP contribution in [0.4, 0.5) is 0 Å². The van der Waals surface area contributed by atoms with Crippen LogP contribution in [0, 0.1) is 0 Å². The van der Waals surface area contributed by atoms with E-state index >= 15 is 0 Å². The van der Waals surface area contributed by atoms with E-state index in [1.54, 1.807) is 281 Å². The number of hydrogen-bond acceptors (Lipinski definition) is 0. The molecule has 0 saturated heterocycles. The summed E-state index contributed by atoms with van der Waals surface area (Å²) in [6, 6.07) is 0. The smallest absolute Gasteiger partial charge is 0 e. The van der Waals surface area contributed by atoms with Gasteiger partial charge in [0.15, 0.2) is 0 Å². The Morgan fingerprint density at radius 2 is 0.276 bits per heavy atom. The van der Waals surface area contributed by atoms with E-state index in [4.69, 9.17) is 0 Å². The third-order valence-corrected chi connectivity index (χ3v) is 32.9. The first-order valence-corrected chi connectivity index (χ1v) is 33.5. The summed E-state index contributed by atoms with van der Waals surface area (Å²) in [4.78, 5) is 0. The monoisotopic (exact) mass is 1060 g/mol. The molecule has 0 bridgehead atoms. The van der Waals surface area contributed by atoms with Crippen LogP contribution in [0.15, 0.2) is 0 Å². The maximum absolute atomic E-state index is 1.71. The maximum Gasteiger partial charge on any atom is 0 e. The van der Waals surface area contributed by atoms with Gasteiger partial charge in [-0.15, -0.1) is 0 Å². The summed E-state index contributed by atoms with van der Waals surface area (Å²) in [6.07, 6.45) is 70.1. The fourth-order valence-electron chi connectivity index (χ4n) is 14.4. The largest absolute Gasteiger partial charge is 0.1000 e. The Bertz CT molecular complexity index is 765. The van der Waals surface area contributed by atoms with Crippen LogP contribution in [0.2, 0.25) is 0 Å². The predicted octanol–water partition coefficient (Wildman–Crippen LogP) is 18.6. The molecule has 0 unspecified atom stereocenters. The van der Waals surface area contributed by atoms with E-state index in [-0.39, 0.29) is 40.8 Å². The average Bonchev–Trinajstić information content (AvgIpc) is 3.29. The minimum atomic E-state index is 0. The molecule has 0 aromatic heterocycles. The molecule has 8 rings (SSSR count). The molecule has 0 nitrogen and oxygen atoms in total. The molecule has 0 N–H and O–H groups in total. The SMILES string of the molecule is C1CCC(P(CCP(C2CCCCC2)C2CCCCC2)C2CCCCC2)CC1.C1CCC(P(CCP(C2CCCCC2)C2CCCCC2)C2CCCCC2)CC1.[Pd].[Pd]. The van der Waals surface area contributed by atoms with E-state index in [9.17, 15) is 0 Å². The summed E-state index contributed by atoms with van der Waals surface area (Å²) in [5.74, 6) is 0. The molecule has 8 fully saturated rings.